The Bertz CT molecular complexity index is 510. The molecule has 114 valence electrons. The minimum absolute atomic E-state index is 0.0840. The second-order valence-corrected chi connectivity index (χ2v) is 5.13. The quantitative estimate of drug-likeness (QED) is 0.641. The van der Waals surface area contributed by atoms with E-state index in [0.717, 1.165) is 0 Å². The van der Waals surface area contributed by atoms with E-state index in [1.165, 1.54) is 0 Å². The Hall–Kier alpha value is -2.22. The van der Waals surface area contributed by atoms with Crippen LogP contribution in [-0.4, -0.2) is 57.3 Å². The van der Waals surface area contributed by atoms with Crippen LogP contribution in [0.4, 0.5) is 5.82 Å². The number of β-amino-alcohol motifs (C(OH)–C–C–N with tert-alkyl or cyclic N) is 1. The van der Waals surface area contributed by atoms with E-state index in [-0.39, 0.29) is 25.3 Å². The number of aliphatic hydroxyl groups is 1. The third kappa shape index (κ3) is 4.38. The molecule has 0 saturated carbocycles. The van der Waals surface area contributed by atoms with Crippen LogP contribution in [0.3, 0.4) is 0 Å². The Labute approximate surface area is 121 Å². The molecule has 8 nitrogen and oxygen atoms in total. The number of hydrogen-bond donors (Lipinski definition) is 3. The van der Waals surface area contributed by atoms with E-state index in [2.05, 4.69) is 15.3 Å². The third-order valence-corrected chi connectivity index (χ3v) is 3.39. The lowest BCUT2D eigenvalue weighted by molar-refractivity contribution is -0.138. The van der Waals surface area contributed by atoms with Gasteiger partial charge in [-0.1, -0.05) is 0 Å². The Morgan fingerprint density at radius 2 is 2.19 bits per heavy atom. The molecule has 2 rings (SSSR count). The number of anilines is 1. The number of aliphatic carboxylic acids is 1. The second-order valence-electron chi connectivity index (χ2n) is 5.13. The van der Waals surface area contributed by atoms with Crippen LogP contribution in [0, 0.1) is 0 Å². The van der Waals surface area contributed by atoms with Crippen LogP contribution in [0.15, 0.2) is 18.6 Å². The Morgan fingerprint density at radius 3 is 2.86 bits per heavy atom. The highest BCUT2D eigenvalue weighted by Crippen LogP contribution is 2.24. The Morgan fingerprint density at radius 1 is 1.38 bits per heavy atom. The lowest BCUT2D eigenvalue weighted by Gasteiger charge is -2.24. The molecular formula is C13H18N4O4. The maximum absolute atomic E-state index is 11.5. The summed E-state index contributed by atoms with van der Waals surface area (Å²) < 4.78 is 0. The van der Waals surface area contributed by atoms with Crippen molar-refractivity contribution >= 4 is 17.7 Å². The van der Waals surface area contributed by atoms with Crippen LogP contribution in [0.2, 0.25) is 0 Å². The first-order valence-corrected chi connectivity index (χ1v) is 6.70. The first-order chi connectivity index (χ1) is 9.98. The molecule has 1 aliphatic heterocycles. The van der Waals surface area contributed by atoms with Gasteiger partial charge in [0, 0.05) is 38.4 Å². The first-order valence-electron chi connectivity index (χ1n) is 6.70. The molecule has 1 aromatic heterocycles. The van der Waals surface area contributed by atoms with E-state index >= 15 is 0 Å². The monoisotopic (exact) mass is 294 g/mol. The number of carboxylic acids is 1. The van der Waals surface area contributed by atoms with Gasteiger partial charge in [-0.2, -0.15) is 0 Å². The smallest absolute Gasteiger partial charge is 0.303 e. The molecule has 1 amide bonds. The molecule has 2 heterocycles. The number of carboxylic acid groups (broad SMARTS) is 1. The van der Waals surface area contributed by atoms with Crippen LogP contribution in [-0.2, 0) is 9.59 Å². The summed E-state index contributed by atoms with van der Waals surface area (Å²) in [4.78, 5) is 31.9. The largest absolute Gasteiger partial charge is 0.481 e. The predicted molar refractivity (Wildman–Crippen MR) is 73.7 cm³/mol. The van der Waals surface area contributed by atoms with Crippen LogP contribution in [0.25, 0.3) is 0 Å². The fraction of sp³-hybridized carbons (Fsp3) is 0.538. The summed E-state index contributed by atoms with van der Waals surface area (Å²) in [5.41, 5.74) is -1.03. The molecule has 1 atom stereocenters. The summed E-state index contributed by atoms with van der Waals surface area (Å²) in [6, 6.07) is 0. The fourth-order valence-electron chi connectivity index (χ4n) is 2.22. The molecule has 1 saturated heterocycles. The number of aromatic nitrogens is 2. The zero-order chi connectivity index (χ0) is 15.3. The average Bonchev–Trinajstić information content (AvgIpc) is 2.87. The van der Waals surface area contributed by atoms with Crippen molar-refractivity contribution in [3.63, 3.8) is 0 Å². The second kappa shape index (κ2) is 6.49. The number of nitrogens with one attached hydrogen (secondary N) is 1. The van der Waals surface area contributed by atoms with Crippen molar-refractivity contribution in [1.29, 1.82) is 0 Å². The van der Waals surface area contributed by atoms with Gasteiger partial charge < -0.3 is 20.4 Å². The van der Waals surface area contributed by atoms with Crippen LogP contribution < -0.4 is 10.2 Å². The van der Waals surface area contributed by atoms with Gasteiger partial charge in [0.05, 0.1) is 12.6 Å². The first kappa shape index (κ1) is 15.2. The van der Waals surface area contributed by atoms with Crippen molar-refractivity contribution in [1.82, 2.24) is 15.3 Å². The standard InChI is InChI=1S/C13H18N4O4/c18-11(1-2-12(19)20)16-8-13(21)3-6-17(9-13)10-7-14-4-5-15-10/h4-5,7,21H,1-3,6,8-9H2,(H,16,18)(H,19,20). The highest BCUT2D eigenvalue weighted by atomic mass is 16.4. The van der Waals surface area contributed by atoms with E-state index in [0.29, 0.717) is 25.3 Å². The summed E-state index contributed by atoms with van der Waals surface area (Å²) >= 11 is 0. The van der Waals surface area contributed by atoms with Crippen molar-refractivity contribution in [2.24, 2.45) is 0 Å². The van der Waals surface area contributed by atoms with Crippen LogP contribution >= 0.6 is 0 Å². The lowest BCUT2D eigenvalue weighted by Crippen LogP contribution is -2.45. The zero-order valence-corrected chi connectivity index (χ0v) is 11.5. The van der Waals surface area contributed by atoms with E-state index in [4.69, 9.17) is 5.11 Å². The SMILES string of the molecule is O=C(O)CCC(=O)NCC1(O)CCN(c2cnccn2)C1. The molecule has 0 bridgehead atoms. The minimum Gasteiger partial charge on any atom is -0.481 e. The summed E-state index contributed by atoms with van der Waals surface area (Å²) in [6.45, 7) is 1.08. The number of nitrogens with zero attached hydrogens (tertiary/aromatic N) is 3. The van der Waals surface area contributed by atoms with Gasteiger partial charge in [-0.15, -0.1) is 0 Å². The van der Waals surface area contributed by atoms with Gasteiger partial charge in [0.15, 0.2) is 0 Å². The van der Waals surface area contributed by atoms with Crippen molar-refractivity contribution < 1.29 is 19.8 Å². The normalized spacial score (nSPS) is 21.3. The van der Waals surface area contributed by atoms with E-state index < -0.39 is 11.6 Å². The van der Waals surface area contributed by atoms with Gasteiger partial charge in [0.2, 0.25) is 5.91 Å². The molecule has 8 heteroatoms. The van der Waals surface area contributed by atoms with Crippen LogP contribution in [0.5, 0.6) is 0 Å². The third-order valence-electron chi connectivity index (χ3n) is 3.39. The Balaban J connectivity index is 1.81. The van der Waals surface area contributed by atoms with Crippen molar-refractivity contribution in [3.05, 3.63) is 18.6 Å². The predicted octanol–water partition coefficient (Wildman–Crippen LogP) is -0.601. The van der Waals surface area contributed by atoms with Gasteiger partial charge in [-0.05, 0) is 6.42 Å². The number of carbonyl (C=O) groups excluding carboxylic acids is 1. The number of rotatable bonds is 6. The summed E-state index contributed by atoms with van der Waals surface area (Å²) in [5.74, 6) is -0.701. The maximum Gasteiger partial charge on any atom is 0.303 e. The van der Waals surface area contributed by atoms with Crippen molar-refractivity contribution in [2.75, 3.05) is 24.5 Å². The molecular weight excluding hydrogens is 276 g/mol. The van der Waals surface area contributed by atoms with Gasteiger partial charge in [-0.3, -0.25) is 14.6 Å². The molecule has 21 heavy (non-hydrogen) atoms. The van der Waals surface area contributed by atoms with Crippen molar-refractivity contribution in [2.45, 2.75) is 24.9 Å². The Kier molecular flexibility index (Phi) is 4.69. The molecule has 0 spiro atoms. The fourth-order valence-corrected chi connectivity index (χ4v) is 2.22. The summed E-state index contributed by atoms with van der Waals surface area (Å²) in [6.07, 6.45) is 4.99. The summed E-state index contributed by atoms with van der Waals surface area (Å²) in [5, 5.41) is 21.5. The molecule has 1 fully saturated rings. The molecule has 0 aliphatic carbocycles. The molecule has 1 aromatic rings. The zero-order valence-electron chi connectivity index (χ0n) is 11.5. The molecule has 1 aliphatic rings. The number of amides is 1. The maximum atomic E-state index is 11.5. The van der Waals surface area contributed by atoms with E-state index in [1.54, 1.807) is 18.6 Å². The van der Waals surface area contributed by atoms with Gasteiger partial charge in [0.25, 0.3) is 0 Å². The highest BCUT2D eigenvalue weighted by Gasteiger charge is 2.36. The lowest BCUT2D eigenvalue weighted by atomic mass is 10.0. The van der Waals surface area contributed by atoms with E-state index in [1.807, 2.05) is 4.90 Å². The number of carbonyl (C=O) groups is 2. The molecule has 1 unspecified atom stereocenters. The van der Waals surface area contributed by atoms with Crippen molar-refractivity contribution in [3.8, 4) is 0 Å². The summed E-state index contributed by atoms with van der Waals surface area (Å²) in [7, 11) is 0. The minimum atomic E-state index is -1.03. The average molecular weight is 294 g/mol. The highest BCUT2D eigenvalue weighted by molar-refractivity contribution is 5.80. The topological polar surface area (TPSA) is 116 Å². The van der Waals surface area contributed by atoms with Gasteiger partial charge >= 0.3 is 5.97 Å². The van der Waals surface area contributed by atoms with E-state index in [9.17, 15) is 14.7 Å². The molecule has 0 aromatic carbocycles. The van der Waals surface area contributed by atoms with Gasteiger partial charge in [-0.25, -0.2) is 4.98 Å². The molecule has 0 radical (unpaired) electrons. The number of hydrogen-bond acceptors (Lipinski definition) is 6. The van der Waals surface area contributed by atoms with Gasteiger partial charge in [0.1, 0.15) is 11.4 Å². The molecule has 3 N–H and O–H groups in total. The van der Waals surface area contributed by atoms with Crippen LogP contribution in [0.1, 0.15) is 19.3 Å².